The van der Waals surface area contributed by atoms with Gasteiger partial charge in [-0.3, -0.25) is 0 Å². The summed E-state index contributed by atoms with van der Waals surface area (Å²) < 4.78 is 10.7. The van der Waals surface area contributed by atoms with E-state index in [0.29, 0.717) is 19.7 Å². The van der Waals surface area contributed by atoms with Crippen molar-refractivity contribution in [1.82, 2.24) is 4.90 Å². The van der Waals surface area contributed by atoms with Crippen molar-refractivity contribution < 1.29 is 14.3 Å². The Balaban J connectivity index is 0.000000375. The number of carbonyl (C=O) groups is 1. The fourth-order valence-electron chi connectivity index (χ4n) is 3.92. The third kappa shape index (κ3) is 9.69. The van der Waals surface area contributed by atoms with Crippen LogP contribution in [0.2, 0.25) is 0 Å². The van der Waals surface area contributed by atoms with E-state index in [0.717, 1.165) is 23.2 Å². The highest BCUT2D eigenvalue weighted by molar-refractivity contribution is 5.74. The number of rotatable bonds is 10. The van der Waals surface area contributed by atoms with E-state index in [-0.39, 0.29) is 19.6 Å². The topological polar surface area (TPSA) is 68.0 Å². The summed E-state index contributed by atoms with van der Waals surface area (Å²) in [5.74, 6) is 5.83. The third-order valence-corrected chi connectivity index (χ3v) is 5.94. The first-order valence-corrected chi connectivity index (χ1v) is 12.6. The molecule has 0 saturated heterocycles. The molecule has 2 N–H and O–H groups in total. The van der Waals surface area contributed by atoms with Gasteiger partial charge in [-0.2, -0.15) is 0 Å². The quantitative estimate of drug-likeness (QED) is 0.170. The molecule has 3 aromatic rings. The van der Waals surface area contributed by atoms with Crippen LogP contribution in [-0.2, 0) is 16.1 Å². The Labute approximate surface area is 229 Å². The zero-order valence-electron chi connectivity index (χ0n) is 22.8. The van der Waals surface area contributed by atoms with Crippen molar-refractivity contribution in [2.24, 2.45) is 5.84 Å². The molecular formula is C32H45N3O3. The summed E-state index contributed by atoms with van der Waals surface area (Å²) in [5, 5.41) is 1.63. The lowest BCUT2D eigenvalue weighted by Gasteiger charge is -2.19. The Kier molecular flexibility index (Phi) is 14.5. The molecule has 0 aromatic heterocycles. The van der Waals surface area contributed by atoms with Gasteiger partial charge in [-0.05, 0) is 60.2 Å². The van der Waals surface area contributed by atoms with Gasteiger partial charge in [-0.1, -0.05) is 81.1 Å². The fourth-order valence-corrected chi connectivity index (χ4v) is 3.92. The number of hydrazine groups is 1. The van der Waals surface area contributed by atoms with E-state index >= 15 is 0 Å². The molecule has 0 radical (unpaired) electrons. The van der Waals surface area contributed by atoms with E-state index in [4.69, 9.17) is 15.3 Å². The monoisotopic (exact) mass is 519 g/mol. The number of carbonyl (C=O) groups excluding carboxylic acids is 1. The highest BCUT2D eigenvalue weighted by atomic mass is 16.6. The van der Waals surface area contributed by atoms with Gasteiger partial charge in [-0.15, -0.1) is 6.58 Å². The average molecular weight is 520 g/mol. The Bertz CT molecular complexity index is 1120. The summed E-state index contributed by atoms with van der Waals surface area (Å²) in [6, 6.07) is 24.2. The van der Waals surface area contributed by atoms with Gasteiger partial charge in [0.15, 0.2) is 0 Å². The lowest BCUT2D eigenvalue weighted by molar-refractivity contribution is 0.100. The molecule has 0 saturated carbocycles. The van der Waals surface area contributed by atoms with Crippen LogP contribution in [0.15, 0.2) is 85.5 Å². The van der Waals surface area contributed by atoms with Crippen LogP contribution in [0, 0.1) is 6.92 Å². The molecule has 0 spiro atoms. The first-order valence-electron chi connectivity index (χ1n) is 12.6. The minimum Gasteiger partial charge on any atom is -0.445 e. The molecule has 38 heavy (non-hydrogen) atoms. The zero-order chi connectivity index (χ0) is 27.2. The number of aryl methyl sites for hydroxylation is 1. The largest absolute Gasteiger partial charge is 0.445 e. The number of amides is 1. The molecule has 1 atom stereocenters. The fraction of sp³-hybridized carbons (Fsp3) is 0.344. The van der Waals surface area contributed by atoms with E-state index in [2.05, 4.69) is 50.8 Å². The number of benzene rings is 3. The van der Waals surface area contributed by atoms with Crippen LogP contribution in [-0.4, -0.2) is 38.2 Å². The van der Waals surface area contributed by atoms with Gasteiger partial charge in [0.2, 0.25) is 0 Å². The molecular weight excluding hydrogens is 474 g/mol. The van der Waals surface area contributed by atoms with Gasteiger partial charge in [0, 0.05) is 27.2 Å². The maximum absolute atomic E-state index is 11.8. The summed E-state index contributed by atoms with van der Waals surface area (Å²) >= 11 is 0. The van der Waals surface area contributed by atoms with E-state index in [1.807, 2.05) is 56.4 Å². The van der Waals surface area contributed by atoms with Crippen molar-refractivity contribution in [3.05, 3.63) is 102 Å². The Morgan fingerprint density at radius 3 is 2.37 bits per heavy atom. The van der Waals surface area contributed by atoms with E-state index in [9.17, 15) is 4.79 Å². The number of nitrogens with two attached hydrogens (primary N) is 1. The normalized spacial score (nSPS) is 10.8. The second kappa shape index (κ2) is 17.0. The van der Waals surface area contributed by atoms with E-state index in [1.54, 1.807) is 23.1 Å². The Morgan fingerprint density at radius 1 is 1.08 bits per heavy atom. The maximum Gasteiger partial charge on any atom is 0.410 e. The van der Waals surface area contributed by atoms with Crippen LogP contribution >= 0.6 is 0 Å². The average Bonchev–Trinajstić information content (AvgIpc) is 2.92. The number of methoxy groups -OCH3 is 1. The number of anilines is 1. The molecule has 0 aliphatic rings. The number of nitrogens with zero attached hydrogens (tertiary/aromatic N) is 2. The van der Waals surface area contributed by atoms with Gasteiger partial charge in [-0.25, -0.2) is 10.6 Å². The van der Waals surface area contributed by atoms with Gasteiger partial charge < -0.3 is 19.4 Å². The van der Waals surface area contributed by atoms with E-state index < -0.39 is 0 Å². The lowest BCUT2D eigenvalue weighted by Crippen LogP contribution is -2.32. The predicted octanol–water partition coefficient (Wildman–Crippen LogP) is 7.54. The van der Waals surface area contributed by atoms with Crippen molar-refractivity contribution >= 4 is 11.8 Å². The van der Waals surface area contributed by atoms with Crippen molar-refractivity contribution in [1.29, 1.82) is 0 Å². The lowest BCUT2D eigenvalue weighted by atomic mass is 9.92. The molecule has 0 aliphatic heterocycles. The molecule has 6 heteroatoms. The standard InChI is InChI=1S/C17H22N2O.C14H19NO2.CH4/c1-12-7-5-10-16(13(2)20-4)17(12)14-8-6-9-15(11-14)19(3)18;1-3-10-15(11-4-2)14(16)17-12-13-8-6-5-7-9-13;/h5-11,13H,18H2,1-4H3;3,5-9H,1,4,10-12H2,2H3;1H4. The van der Waals surface area contributed by atoms with Gasteiger partial charge in [0.1, 0.15) is 6.61 Å². The first-order chi connectivity index (χ1) is 17.8. The van der Waals surface area contributed by atoms with Crippen LogP contribution in [0.25, 0.3) is 11.1 Å². The minimum absolute atomic E-state index is 0. The minimum atomic E-state index is -0.282. The van der Waals surface area contributed by atoms with Crippen LogP contribution in [0.5, 0.6) is 0 Å². The molecule has 3 rings (SSSR count). The van der Waals surface area contributed by atoms with Crippen molar-refractivity contribution in [2.45, 2.75) is 47.3 Å². The Morgan fingerprint density at radius 2 is 1.76 bits per heavy atom. The first kappa shape index (κ1) is 32.4. The van der Waals surface area contributed by atoms with Gasteiger partial charge in [0.25, 0.3) is 0 Å². The summed E-state index contributed by atoms with van der Waals surface area (Å²) in [7, 11) is 3.58. The maximum atomic E-state index is 11.8. The molecule has 3 aromatic carbocycles. The number of ether oxygens (including phenoxy) is 2. The van der Waals surface area contributed by atoms with Gasteiger partial charge in [0.05, 0.1) is 11.8 Å². The highest BCUT2D eigenvalue weighted by Crippen LogP contribution is 2.34. The second-order valence-corrected chi connectivity index (χ2v) is 8.85. The van der Waals surface area contributed by atoms with Crippen molar-refractivity contribution in [3.63, 3.8) is 0 Å². The Hall–Kier alpha value is -3.61. The molecule has 6 nitrogen and oxygen atoms in total. The van der Waals surface area contributed by atoms with E-state index in [1.165, 1.54) is 16.7 Å². The summed E-state index contributed by atoms with van der Waals surface area (Å²) in [5.41, 5.74) is 6.81. The highest BCUT2D eigenvalue weighted by Gasteiger charge is 2.14. The summed E-state index contributed by atoms with van der Waals surface area (Å²) in [6.07, 6.45) is 2.40. The molecule has 0 aliphatic carbocycles. The molecule has 0 bridgehead atoms. The van der Waals surface area contributed by atoms with Crippen LogP contribution in [0.1, 0.15) is 50.5 Å². The van der Waals surface area contributed by atoms with Crippen molar-refractivity contribution in [2.75, 3.05) is 32.3 Å². The molecule has 0 heterocycles. The predicted molar refractivity (Wildman–Crippen MR) is 160 cm³/mol. The number of hydrogen-bond donors (Lipinski definition) is 1. The summed E-state index contributed by atoms with van der Waals surface area (Å²) in [6.45, 7) is 11.4. The summed E-state index contributed by atoms with van der Waals surface area (Å²) in [4.78, 5) is 13.4. The molecule has 0 fully saturated rings. The SMILES string of the molecule is C.C=CCN(CCC)C(=O)OCc1ccccc1.COC(C)c1cccc(C)c1-c1cccc(N(C)N)c1. The van der Waals surface area contributed by atoms with Crippen LogP contribution < -0.4 is 10.9 Å². The molecule has 1 unspecified atom stereocenters. The molecule has 206 valence electrons. The zero-order valence-corrected chi connectivity index (χ0v) is 22.8. The second-order valence-electron chi connectivity index (χ2n) is 8.85. The van der Waals surface area contributed by atoms with Gasteiger partial charge >= 0.3 is 6.09 Å². The number of hydrogen-bond acceptors (Lipinski definition) is 5. The van der Waals surface area contributed by atoms with Crippen LogP contribution in [0.3, 0.4) is 0 Å². The smallest absolute Gasteiger partial charge is 0.410 e. The van der Waals surface area contributed by atoms with Crippen molar-refractivity contribution in [3.8, 4) is 11.1 Å². The van der Waals surface area contributed by atoms with Crippen LogP contribution in [0.4, 0.5) is 10.5 Å². The molecule has 1 amide bonds. The third-order valence-electron chi connectivity index (χ3n) is 5.94.